The van der Waals surface area contributed by atoms with E-state index in [9.17, 15) is 14.9 Å². The third-order valence-electron chi connectivity index (χ3n) is 2.63. The maximum absolute atomic E-state index is 11.9. The summed E-state index contributed by atoms with van der Waals surface area (Å²) in [6, 6.07) is 7.65. The van der Waals surface area contributed by atoms with Crippen LogP contribution in [0.25, 0.3) is 0 Å². The van der Waals surface area contributed by atoms with Crippen molar-refractivity contribution in [2.45, 2.75) is 13.3 Å². The first-order chi connectivity index (χ1) is 8.58. The van der Waals surface area contributed by atoms with Crippen LogP contribution in [0.2, 0.25) is 0 Å². The number of non-ortho nitro benzene ring substituents is 1. The largest absolute Gasteiger partial charge is 0.461 e. The van der Waals surface area contributed by atoms with Gasteiger partial charge < -0.3 is 4.42 Å². The van der Waals surface area contributed by atoms with Gasteiger partial charge >= 0.3 is 0 Å². The maximum atomic E-state index is 11.9. The Bertz CT molecular complexity index is 583. The highest BCUT2D eigenvalue weighted by molar-refractivity contribution is 5.96. The highest BCUT2D eigenvalue weighted by Crippen LogP contribution is 2.16. The highest BCUT2D eigenvalue weighted by Gasteiger charge is 2.14. The minimum absolute atomic E-state index is 0.0142. The Morgan fingerprint density at radius 1 is 1.28 bits per heavy atom. The lowest BCUT2D eigenvalue weighted by Gasteiger charge is -2.00. The van der Waals surface area contributed by atoms with E-state index in [1.807, 2.05) is 0 Å². The molecular formula is C13H11NO4. The number of carbonyl (C=O) groups is 1. The first-order valence-electron chi connectivity index (χ1n) is 5.38. The van der Waals surface area contributed by atoms with Crippen molar-refractivity contribution in [1.82, 2.24) is 0 Å². The predicted octanol–water partition coefficient (Wildman–Crippen LogP) is 2.92. The average Bonchev–Trinajstić information content (AvgIpc) is 2.76. The lowest BCUT2D eigenvalue weighted by molar-refractivity contribution is -0.384. The fourth-order valence-corrected chi connectivity index (χ4v) is 1.66. The number of nitro groups is 1. The van der Waals surface area contributed by atoms with Crippen LogP contribution < -0.4 is 0 Å². The van der Waals surface area contributed by atoms with Gasteiger partial charge in [0.05, 0.1) is 11.2 Å². The van der Waals surface area contributed by atoms with Gasteiger partial charge in [-0.1, -0.05) is 12.1 Å². The fourth-order valence-electron chi connectivity index (χ4n) is 1.66. The fraction of sp³-hybridized carbons (Fsp3) is 0.154. The number of nitrogens with zero attached hydrogens (tertiary/aromatic N) is 1. The molecule has 1 aromatic heterocycles. The van der Waals surface area contributed by atoms with Crippen molar-refractivity contribution in [2.24, 2.45) is 0 Å². The highest BCUT2D eigenvalue weighted by atomic mass is 16.6. The zero-order chi connectivity index (χ0) is 13.1. The van der Waals surface area contributed by atoms with Gasteiger partial charge in [0.1, 0.15) is 0 Å². The number of Topliss-reactive ketones (excluding diaryl/α,β-unsaturated/α-hetero) is 1. The normalized spacial score (nSPS) is 10.3. The van der Waals surface area contributed by atoms with Gasteiger partial charge in [0.25, 0.3) is 5.69 Å². The third kappa shape index (κ3) is 2.45. The van der Waals surface area contributed by atoms with Gasteiger partial charge in [-0.05, 0) is 24.1 Å². The Kier molecular flexibility index (Phi) is 3.23. The van der Waals surface area contributed by atoms with Gasteiger partial charge in [0.2, 0.25) is 5.78 Å². The summed E-state index contributed by atoms with van der Waals surface area (Å²) in [6.45, 7) is 1.80. The molecule has 18 heavy (non-hydrogen) atoms. The number of carbonyl (C=O) groups excluding carboxylic acids is 1. The van der Waals surface area contributed by atoms with Gasteiger partial charge in [-0.3, -0.25) is 14.9 Å². The molecule has 0 atom stereocenters. The summed E-state index contributed by atoms with van der Waals surface area (Å²) in [6.07, 6.45) is 1.64. The monoisotopic (exact) mass is 245 g/mol. The van der Waals surface area contributed by atoms with E-state index in [1.54, 1.807) is 25.1 Å². The van der Waals surface area contributed by atoms with Crippen LogP contribution >= 0.6 is 0 Å². The van der Waals surface area contributed by atoms with Crippen molar-refractivity contribution in [3.63, 3.8) is 0 Å². The topological polar surface area (TPSA) is 73.3 Å². The number of aryl methyl sites for hydroxylation is 1. The molecule has 92 valence electrons. The average molecular weight is 245 g/mol. The molecule has 0 spiro atoms. The van der Waals surface area contributed by atoms with Crippen molar-refractivity contribution in [1.29, 1.82) is 0 Å². The molecule has 0 aliphatic heterocycles. The molecule has 0 saturated carbocycles. The van der Waals surface area contributed by atoms with Gasteiger partial charge in [-0.15, -0.1) is 0 Å². The van der Waals surface area contributed by atoms with E-state index in [1.165, 1.54) is 18.4 Å². The van der Waals surface area contributed by atoms with Crippen LogP contribution in [0.4, 0.5) is 5.69 Å². The van der Waals surface area contributed by atoms with Gasteiger partial charge in [0, 0.05) is 18.6 Å². The number of rotatable bonds is 4. The third-order valence-corrected chi connectivity index (χ3v) is 2.63. The van der Waals surface area contributed by atoms with Crippen LogP contribution in [0.3, 0.4) is 0 Å². The summed E-state index contributed by atoms with van der Waals surface area (Å²) >= 11 is 0. The summed E-state index contributed by atoms with van der Waals surface area (Å²) in [5.74, 6) is 0.208. The molecule has 1 aromatic carbocycles. The molecule has 0 bridgehead atoms. The van der Waals surface area contributed by atoms with E-state index in [4.69, 9.17) is 4.42 Å². The van der Waals surface area contributed by atoms with Crippen molar-refractivity contribution >= 4 is 11.5 Å². The minimum Gasteiger partial charge on any atom is -0.461 e. The Hall–Kier alpha value is -2.43. The van der Waals surface area contributed by atoms with Crippen molar-refractivity contribution in [2.75, 3.05) is 0 Å². The maximum Gasteiger partial charge on any atom is 0.269 e. The van der Waals surface area contributed by atoms with E-state index in [-0.39, 0.29) is 17.9 Å². The van der Waals surface area contributed by atoms with E-state index < -0.39 is 4.92 Å². The molecule has 2 rings (SSSR count). The van der Waals surface area contributed by atoms with Crippen LogP contribution in [0.5, 0.6) is 0 Å². The van der Waals surface area contributed by atoms with Crippen molar-refractivity contribution in [3.8, 4) is 0 Å². The second-order valence-electron chi connectivity index (χ2n) is 3.96. The lowest BCUT2D eigenvalue weighted by Crippen LogP contribution is -2.03. The molecule has 0 aliphatic carbocycles. The first kappa shape index (κ1) is 12.0. The molecule has 0 N–H and O–H groups in total. The zero-order valence-corrected chi connectivity index (χ0v) is 9.75. The molecule has 1 heterocycles. The summed E-state index contributed by atoms with van der Waals surface area (Å²) in [4.78, 5) is 21.9. The number of ketones is 1. The molecule has 0 saturated heterocycles. The molecule has 0 amide bonds. The van der Waals surface area contributed by atoms with E-state index in [2.05, 4.69) is 0 Å². The Morgan fingerprint density at radius 2 is 1.94 bits per heavy atom. The van der Waals surface area contributed by atoms with E-state index >= 15 is 0 Å². The first-order valence-corrected chi connectivity index (χ1v) is 5.38. The molecule has 5 nitrogen and oxygen atoms in total. The zero-order valence-electron chi connectivity index (χ0n) is 9.75. The summed E-state index contributed by atoms with van der Waals surface area (Å²) in [7, 11) is 0. The SMILES string of the molecule is Cc1ccoc1C(=O)Cc1ccc([N+](=O)[O-])cc1. The Labute approximate surface area is 103 Å². The van der Waals surface area contributed by atoms with Crippen LogP contribution in [-0.2, 0) is 6.42 Å². The van der Waals surface area contributed by atoms with Gasteiger partial charge in [0.15, 0.2) is 5.76 Å². The van der Waals surface area contributed by atoms with Crippen molar-refractivity contribution in [3.05, 3.63) is 63.6 Å². The number of benzene rings is 1. The molecule has 2 aromatic rings. The van der Waals surface area contributed by atoms with Crippen LogP contribution in [0.15, 0.2) is 41.0 Å². The summed E-state index contributed by atoms with van der Waals surface area (Å²) < 4.78 is 5.10. The van der Waals surface area contributed by atoms with Gasteiger partial charge in [-0.25, -0.2) is 0 Å². The standard InChI is InChI=1S/C13H11NO4/c1-9-6-7-18-13(9)12(15)8-10-2-4-11(5-3-10)14(16)17/h2-7H,8H2,1H3. The number of nitro benzene ring substituents is 1. The number of hydrogen-bond donors (Lipinski definition) is 0. The predicted molar refractivity (Wildman–Crippen MR) is 64.6 cm³/mol. The molecule has 0 fully saturated rings. The molecule has 0 unspecified atom stereocenters. The van der Waals surface area contributed by atoms with Crippen LogP contribution in [0, 0.1) is 17.0 Å². The Balaban J connectivity index is 2.13. The van der Waals surface area contributed by atoms with Crippen LogP contribution in [-0.4, -0.2) is 10.7 Å². The number of furan rings is 1. The minimum atomic E-state index is -0.470. The quantitative estimate of drug-likeness (QED) is 0.471. The number of hydrogen-bond acceptors (Lipinski definition) is 4. The van der Waals surface area contributed by atoms with E-state index in [0.717, 1.165) is 11.1 Å². The second kappa shape index (κ2) is 4.83. The van der Waals surface area contributed by atoms with Crippen molar-refractivity contribution < 1.29 is 14.1 Å². The molecule has 0 radical (unpaired) electrons. The second-order valence-corrected chi connectivity index (χ2v) is 3.96. The smallest absolute Gasteiger partial charge is 0.269 e. The summed E-state index contributed by atoms with van der Waals surface area (Å²) in [5, 5.41) is 10.5. The van der Waals surface area contributed by atoms with E-state index in [0.29, 0.717) is 5.76 Å². The molecule has 0 aliphatic rings. The van der Waals surface area contributed by atoms with Gasteiger partial charge in [-0.2, -0.15) is 0 Å². The summed E-state index contributed by atoms with van der Waals surface area (Å²) in [5.41, 5.74) is 1.53. The van der Waals surface area contributed by atoms with Crippen LogP contribution in [0.1, 0.15) is 21.7 Å². The Morgan fingerprint density at radius 3 is 2.44 bits per heavy atom. The lowest BCUT2D eigenvalue weighted by atomic mass is 10.1. The molecular weight excluding hydrogens is 234 g/mol. The molecule has 5 heteroatoms.